The number of ether oxygens (including phenoxy) is 1. The minimum Gasteiger partial charge on any atom is -0.466 e. The van der Waals surface area contributed by atoms with Gasteiger partial charge in [-0.25, -0.2) is 9.79 Å². The monoisotopic (exact) mass is 267 g/mol. The number of hydrogen-bond acceptors (Lipinski definition) is 3. The number of aliphatic imine (C=N–C) groups is 1. The first kappa shape index (κ1) is 10.4. The third kappa shape index (κ3) is 1.69. The van der Waals surface area contributed by atoms with Gasteiger partial charge in [0.15, 0.2) is 0 Å². The van der Waals surface area contributed by atoms with Crippen molar-refractivity contribution in [1.29, 1.82) is 0 Å². The van der Waals surface area contributed by atoms with Gasteiger partial charge >= 0.3 is 5.97 Å². The molecule has 0 radical (unpaired) electrons. The van der Waals surface area contributed by atoms with Crippen LogP contribution in [0.4, 0.5) is 0 Å². The van der Waals surface area contributed by atoms with Crippen LogP contribution >= 0.6 is 15.9 Å². The number of esters is 1. The number of rotatable bonds is 2. The van der Waals surface area contributed by atoms with Gasteiger partial charge in [-0.2, -0.15) is 0 Å². The van der Waals surface area contributed by atoms with Gasteiger partial charge in [-0.05, 0) is 28.4 Å². The van der Waals surface area contributed by atoms with E-state index >= 15 is 0 Å². The number of alkyl halides is 1. The van der Waals surface area contributed by atoms with Crippen molar-refractivity contribution in [2.75, 3.05) is 7.11 Å². The first-order valence-electron chi connectivity index (χ1n) is 4.52. The lowest BCUT2D eigenvalue weighted by Crippen LogP contribution is -2.24. The van der Waals surface area contributed by atoms with E-state index in [2.05, 4.69) is 25.7 Å². The summed E-state index contributed by atoms with van der Waals surface area (Å²) in [6.07, 6.45) is 0. The van der Waals surface area contributed by atoms with E-state index in [1.165, 1.54) is 12.7 Å². The van der Waals surface area contributed by atoms with E-state index in [4.69, 9.17) is 0 Å². The lowest BCUT2D eigenvalue weighted by Gasteiger charge is -2.04. The van der Waals surface area contributed by atoms with Crippen LogP contribution in [0, 0.1) is 6.92 Å². The van der Waals surface area contributed by atoms with Gasteiger partial charge in [-0.3, -0.25) is 0 Å². The Hall–Kier alpha value is -1.16. The molecule has 0 saturated heterocycles. The Kier molecular flexibility index (Phi) is 2.38. The number of benzene rings is 1. The molecule has 0 bridgehead atoms. The second kappa shape index (κ2) is 3.45. The van der Waals surface area contributed by atoms with Gasteiger partial charge in [0, 0.05) is 0 Å². The molecule has 4 heteroatoms. The second-order valence-corrected chi connectivity index (χ2v) is 4.59. The number of carbonyl (C=O) groups excluding carboxylic acids is 1. The molecule has 0 amide bonds. The summed E-state index contributed by atoms with van der Waals surface area (Å²) in [4.78, 5) is 15.5. The fraction of sp³-hybridized carbons (Fsp3) is 0.273. The molecule has 1 aromatic carbocycles. The zero-order valence-corrected chi connectivity index (χ0v) is 10.0. The molecule has 2 rings (SSSR count). The first-order valence-corrected chi connectivity index (χ1v) is 5.32. The lowest BCUT2D eigenvalue weighted by molar-refractivity contribution is -0.140. The Morgan fingerprint density at radius 1 is 1.40 bits per heavy atom. The summed E-state index contributed by atoms with van der Waals surface area (Å²) in [5, 5.41) is 0. The fourth-order valence-electron chi connectivity index (χ4n) is 1.37. The average molecular weight is 268 g/mol. The molecule has 0 spiro atoms. The van der Waals surface area contributed by atoms with Crippen molar-refractivity contribution in [2.24, 2.45) is 4.99 Å². The zero-order chi connectivity index (χ0) is 11.1. The summed E-state index contributed by atoms with van der Waals surface area (Å²) in [7, 11) is 1.35. The predicted octanol–water partition coefficient (Wildman–Crippen LogP) is 2.06. The van der Waals surface area contributed by atoms with Crippen LogP contribution in [-0.4, -0.2) is 23.2 Å². The molecular formula is C11H10BrNO2. The Labute approximate surface area is 96.3 Å². The molecule has 1 aliphatic heterocycles. The predicted molar refractivity (Wildman–Crippen MR) is 61.4 cm³/mol. The number of aryl methyl sites for hydroxylation is 1. The van der Waals surface area contributed by atoms with E-state index in [1.807, 2.05) is 31.2 Å². The van der Waals surface area contributed by atoms with Crippen LogP contribution in [0.15, 0.2) is 29.3 Å². The Morgan fingerprint density at radius 3 is 2.53 bits per heavy atom. The Morgan fingerprint density at radius 2 is 2.00 bits per heavy atom. The molecule has 15 heavy (non-hydrogen) atoms. The van der Waals surface area contributed by atoms with Crippen LogP contribution in [0.1, 0.15) is 11.1 Å². The smallest absolute Gasteiger partial charge is 0.351 e. The minimum atomic E-state index is -0.934. The number of halogens is 1. The van der Waals surface area contributed by atoms with Crippen LogP contribution in [0.5, 0.6) is 0 Å². The molecule has 0 aliphatic carbocycles. The molecule has 0 N–H and O–H groups in total. The van der Waals surface area contributed by atoms with Crippen LogP contribution in [0.25, 0.3) is 0 Å². The summed E-state index contributed by atoms with van der Waals surface area (Å²) in [6, 6.07) is 7.86. The van der Waals surface area contributed by atoms with Crippen molar-refractivity contribution in [2.45, 2.75) is 11.4 Å². The number of methoxy groups -OCH3 is 1. The standard InChI is InChI=1S/C11H10BrNO2/c1-7-3-5-8(6-4-7)9-11(12,13-9)10(14)15-2/h3-6H,1-2H3. The molecule has 0 saturated carbocycles. The van der Waals surface area contributed by atoms with Crippen LogP contribution in [-0.2, 0) is 9.53 Å². The zero-order valence-electron chi connectivity index (χ0n) is 8.45. The summed E-state index contributed by atoms with van der Waals surface area (Å²) >= 11 is 3.26. The number of hydrogen-bond donors (Lipinski definition) is 0. The van der Waals surface area contributed by atoms with E-state index in [0.29, 0.717) is 0 Å². The molecule has 0 fully saturated rings. The highest BCUT2D eigenvalue weighted by Crippen LogP contribution is 2.39. The van der Waals surface area contributed by atoms with Gasteiger partial charge in [0.05, 0.1) is 12.8 Å². The van der Waals surface area contributed by atoms with Gasteiger partial charge in [0.1, 0.15) is 0 Å². The van der Waals surface area contributed by atoms with Crippen LogP contribution in [0.3, 0.4) is 0 Å². The first-order chi connectivity index (χ1) is 7.08. The maximum absolute atomic E-state index is 11.4. The molecule has 78 valence electrons. The van der Waals surface area contributed by atoms with Gasteiger partial charge in [0.25, 0.3) is 4.45 Å². The molecule has 1 aromatic rings. The number of nitrogens with zero attached hydrogens (tertiary/aromatic N) is 1. The van der Waals surface area contributed by atoms with E-state index in [0.717, 1.165) is 11.3 Å². The van der Waals surface area contributed by atoms with Gasteiger partial charge in [-0.1, -0.05) is 29.8 Å². The van der Waals surface area contributed by atoms with Crippen LogP contribution in [0.2, 0.25) is 0 Å². The molecular weight excluding hydrogens is 258 g/mol. The molecule has 1 atom stereocenters. The highest BCUT2D eigenvalue weighted by atomic mass is 79.9. The van der Waals surface area contributed by atoms with Crippen molar-refractivity contribution in [3.8, 4) is 0 Å². The maximum atomic E-state index is 11.4. The molecule has 1 unspecified atom stereocenters. The van der Waals surface area contributed by atoms with Crippen molar-refractivity contribution in [3.05, 3.63) is 35.4 Å². The van der Waals surface area contributed by atoms with E-state index in [9.17, 15) is 4.79 Å². The topological polar surface area (TPSA) is 38.7 Å². The molecule has 1 heterocycles. The second-order valence-electron chi connectivity index (χ2n) is 3.44. The van der Waals surface area contributed by atoms with Crippen molar-refractivity contribution in [1.82, 2.24) is 0 Å². The molecule has 0 aromatic heterocycles. The maximum Gasteiger partial charge on any atom is 0.351 e. The van der Waals surface area contributed by atoms with Crippen molar-refractivity contribution in [3.63, 3.8) is 0 Å². The lowest BCUT2D eigenvalue weighted by atomic mass is 10.1. The SMILES string of the molecule is COC(=O)C1(Br)N=C1c1ccc(C)cc1. The van der Waals surface area contributed by atoms with Crippen molar-refractivity contribution < 1.29 is 9.53 Å². The summed E-state index contributed by atoms with van der Waals surface area (Å²) in [5.41, 5.74) is 2.86. The molecule has 1 aliphatic rings. The number of carbonyl (C=O) groups is 1. The average Bonchev–Trinajstić information content (AvgIpc) is 2.92. The highest BCUT2D eigenvalue weighted by molar-refractivity contribution is 9.10. The van der Waals surface area contributed by atoms with Gasteiger partial charge in [-0.15, -0.1) is 0 Å². The highest BCUT2D eigenvalue weighted by Gasteiger charge is 2.53. The summed E-state index contributed by atoms with van der Waals surface area (Å²) in [6.45, 7) is 2.01. The fourth-order valence-corrected chi connectivity index (χ4v) is 1.94. The third-order valence-corrected chi connectivity index (χ3v) is 3.19. The largest absolute Gasteiger partial charge is 0.466 e. The summed E-state index contributed by atoms with van der Waals surface area (Å²) < 4.78 is 3.72. The molecule has 3 nitrogen and oxygen atoms in total. The van der Waals surface area contributed by atoms with Gasteiger partial charge in [0.2, 0.25) is 0 Å². The van der Waals surface area contributed by atoms with E-state index in [-0.39, 0.29) is 5.97 Å². The normalized spacial score (nSPS) is 23.3. The van der Waals surface area contributed by atoms with E-state index < -0.39 is 4.45 Å². The Bertz CT molecular complexity index is 438. The third-order valence-electron chi connectivity index (χ3n) is 2.31. The summed E-state index contributed by atoms with van der Waals surface area (Å²) in [5.74, 6) is -0.377. The quantitative estimate of drug-likeness (QED) is 0.468. The van der Waals surface area contributed by atoms with E-state index in [1.54, 1.807) is 0 Å². The van der Waals surface area contributed by atoms with Gasteiger partial charge < -0.3 is 4.74 Å². The Balaban J connectivity index is 2.20. The van der Waals surface area contributed by atoms with Crippen LogP contribution < -0.4 is 0 Å². The van der Waals surface area contributed by atoms with Crippen molar-refractivity contribution >= 4 is 27.6 Å². The minimum absolute atomic E-state index is 0.377.